The number of hydroxylamine groups is 2. The zero-order valence-electron chi connectivity index (χ0n) is 8.31. The molecule has 0 bridgehead atoms. The van der Waals surface area contributed by atoms with Crippen LogP contribution < -0.4 is 0 Å². The maximum absolute atomic E-state index is 9.28. The molecule has 1 heterocycles. The molecule has 0 radical (unpaired) electrons. The molecule has 0 aromatic heterocycles. The molecule has 1 aromatic rings. The third kappa shape index (κ3) is 2.12. The van der Waals surface area contributed by atoms with E-state index in [4.69, 9.17) is 4.84 Å². The highest BCUT2D eigenvalue weighted by Crippen LogP contribution is 2.14. The van der Waals surface area contributed by atoms with Crippen molar-refractivity contribution in [1.29, 1.82) is 0 Å². The number of hydrogen-bond acceptors (Lipinski definition) is 3. The monoisotopic (exact) mass is 193 g/mol. The fourth-order valence-electron chi connectivity index (χ4n) is 1.62. The maximum atomic E-state index is 9.28. The van der Waals surface area contributed by atoms with Gasteiger partial charge in [0.1, 0.15) is 0 Å². The van der Waals surface area contributed by atoms with Crippen molar-refractivity contribution < 1.29 is 9.94 Å². The van der Waals surface area contributed by atoms with Gasteiger partial charge in [-0.25, -0.2) is 0 Å². The van der Waals surface area contributed by atoms with Gasteiger partial charge in [0, 0.05) is 6.54 Å². The number of hydrogen-bond donors (Lipinski definition) is 1. The molecule has 1 atom stereocenters. The lowest BCUT2D eigenvalue weighted by Gasteiger charge is -2.14. The minimum absolute atomic E-state index is 0.334. The van der Waals surface area contributed by atoms with Gasteiger partial charge in [0.25, 0.3) is 0 Å². The van der Waals surface area contributed by atoms with Crippen molar-refractivity contribution in [2.45, 2.75) is 19.6 Å². The van der Waals surface area contributed by atoms with Gasteiger partial charge in [0.2, 0.25) is 0 Å². The van der Waals surface area contributed by atoms with Crippen molar-refractivity contribution in [2.24, 2.45) is 0 Å². The molecule has 0 unspecified atom stereocenters. The molecule has 1 aliphatic rings. The molecule has 3 nitrogen and oxygen atoms in total. The molecule has 1 aliphatic heterocycles. The van der Waals surface area contributed by atoms with E-state index in [2.05, 4.69) is 19.1 Å². The smallest absolute Gasteiger partial charge is 0.0958 e. The summed E-state index contributed by atoms with van der Waals surface area (Å²) >= 11 is 0. The van der Waals surface area contributed by atoms with Gasteiger partial charge in [-0.2, -0.15) is 5.06 Å². The number of rotatable bonds is 2. The summed E-state index contributed by atoms with van der Waals surface area (Å²) in [5.74, 6) is 0. The highest BCUT2D eigenvalue weighted by atomic mass is 16.7. The summed E-state index contributed by atoms with van der Waals surface area (Å²) < 4.78 is 0. The summed E-state index contributed by atoms with van der Waals surface area (Å²) in [5, 5.41) is 11.1. The lowest BCUT2D eigenvalue weighted by molar-refractivity contribution is -0.118. The second-order valence-electron chi connectivity index (χ2n) is 3.70. The van der Waals surface area contributed by atoms with E-state index in [9.17, 15) is 5.11 Å². The largest absolute Gasteiger partial charge is 0.389 e. The molecule has 0 saturated carbocycles. The van der Waals surface area contributed by atoms with Crippen LogP contribution in [0.4, 0.5) is 0 Å². The first-order valence-electron chi connectivity index (χ1n) is 4.86. The van der Waals surface area contributed by atoms with Crippen molar-refractivity contribution in [1.82, 2.24) is 5.06 Å². The Bertz CT molecular complexity index is 314. The van der Waals surface area contributed by atoms with Crippen molar-refractivity contribution in [3.8, 4) is 0 Å². The predicted octanol–water partition coefficient (Wildman–Crippen LogP) is 1.10. The van der Waals surface area contributed by atoms with Crippen molar-refractivity contribution >= 4 is 0 Å². The Morgan fingerprint density at radius 1 is 1.50 bits per heavy atom. The van der Waals surface area contributed by atoms with Crippen LogP contribution in [0.15, 0.2) is 24.3 Å². The van der Waals surface area contributed by atoms with Crippen LogP contribution >= 0.6 is 0 Å². The number of aryl methyl sites for hydroxylation is 1. The minimum Gasteiger partial charge on any atom is -0.389 e. The fraction of sp³-hybridized carbons (Fsp3) is 0.455. The summed E-state index contributed by atoms with van der Waals surface area (Å²) in [6.07, 6.45) is -0.334. The molecular formula is C11H15NO2. The Hall–Kier alpha value is -0.900. The maximum Gasteiger partial charge on any atom is 0.0958 e. The highest BCUT2D eigenvalue weighted by Gasteiger charge is 2.21. The number of nitrogens with zero attached hydrogens (tertiary/aromatic N) is 1. The van der Waals surface area contributed by atoms with Gasteiger partial charge >= 0.3 is 0 Å². The third-order valence-electron chi connectivity index (χ3n) is 2.47. The molecule has 1 aromatic carbocycles. The summed E-state index contributed by atoms with van der Waals surface area (Å²) in [6, 6.07) is 8.22. The zero-order valence-corrected chi connectivity index (χ0v) is 8.31. The van der Waals surface area contributed by atoms with Gasteiger partial charge < -0.3 is 5.11 Å². The van der Waals surface area contributed by atoms with Gasteiger partial charge in [-0.1, -0.05) is 24.3 Å². The van der Waals surface area contributed by atoms with Crippen LogP contribution in [-0.4, -0.2) is 29.4 Å². The van der Waals surface area contributed by atoms with Crippen molar-refractivity contribution in [3.05, 3.63) is 35.4 Å². The van der Waals surface area contributed by atoms with E-state index >= 15 is 0 Å². The molecule has 1 saturated heterocycles. The van der Waals surface area contributed by atoms with Crippen LogP contribution in [0.3, 0.4) is 0 Å². The average molecular weight is 193 g/mol. The second kappa shape index (κ2) is 4.09. The molecular weight excluding hydrogens is 178 g/mol. The molecule has 0 amide bonds. The molecule has 2 rings (SSSR count). The lowest BCUT2D eigenvalue weighted by Crippen LogP contribution is -2.20. The SMILES string of the molecule is Cc1ccccc1CN1C[C@@H](O)CO1. The first kappa shape index (κ1) is 9.65. The Morgan fingerprint density at radius 3 is 2.93 bits per heavy atom. The van der Waals surface area contributed by atoms with Gasteiger partial charge in [-0.15, -0.1) is 0 Å². The molecule has 0 aliphatic carbocycles. The zero-order chi connectivity index (χ0) is 9.97. The average Bonchev–Trinajstić information content (AvgIpc) is 2.56. The molecule has 1 N–H and O–H groups in total. The Morgan fingerprint density at radius 2 is 2.29 bits per heavy atom. The summed E-state index contributed by atoms with van der Waals surface area (Å²) in [7, 11) is 0. The predicted molar refractivity (Wildman–Crippen MR) is 53.5 cm³/mol. The van der Waals surface area contributed by atoms with E-state index in [1.54, 1.807) is 0 Å². The van der Waals surface area contributed by atoms with Crippen LogP contribution in [-0.2, 0) is 11.4 Å². The Balaban J connectivity index is 2.01. The van der Waals surface area contributed by atoms with Gasteiger partial charge in [0.05, 0.1) is 19.3 Å². The molecule has 0 spiro atoms. The van der Waals surface area contributed by atoms with Crippen molar-refractivity contribution in [2.75, 3.05) is 13.2 Å². The van der Waals surface area contributed by atoms with Gasteiger partial charge in [0.15, 0.2) is 0 Å². The summed E-state index contributed by atoms with van der Waals surface area (Å²) in [6.45, 7) is 3.87. The number of aliphatic hydroxyl groups excluding tert-OH is 1. The first-order chi connectivity index (χ1) is 6.75. The van der Waals surface area contributed by atoms with E-state index in [1.165, 1.54) is 11.1 Å². The minimum atomic E-state index is -0.334. The van der Waals surface area contributed by atoms with Crippen LogP contribution in [0.25, 0.3) is 0 Å². The molecule has 14 heavy (non-hydrogen) atoms. The number of β-amino-alcohol motifs (C(OH)–C–C–N with tert-alkyl or cyclic N) is 1. The summed E-state index contributed by atoms with van der Waals surface area (Å²) in [4.78, 5) is 5.31. The lowest BCUT2D eigenvalue weighted by atomic mass is 10.1. The molecule has 1 fully saturated rings. The molecule has 76 valence electrons. The van der Waals surface area contributed by atoms with E-state index in [0.717, 1.165) is 6.54 Å². The van der Waals surface area contributed by atoms with E-state index < -0.39 is 0 Å². The molecule has 3 heteroatoms. The van der Waals surface area contributed by atoms with Crippen LogP contribution in [0.5, 0.6) is 0 Å². The number of aliphatic hydroxyl groups is 1. The topological polar surface area (TPSA) is 32.7 Å². The third-order valence-corrected chi connectivity index (χ3v) is 2.47. The first-order valence-corrected chi connectivity index (χ1v) is 4.86. The van der Waals surface area contributed by atoms with Crippen LogP contribution in [0, 0.1) is 6.92 Å². The number of benzene rings is 1. The standard InChI is InChI=1S/C11H15NO2/c1-9-4-2-3-5-10(9)6-12-7-11(13)8-14-12/h2-5,11,13H,6-8H2,1H3/t11-/m1/s1. The van der Waals surface area contributed by atoms with E-state index in [-0.39, 0.29) is 6.10 Å². The Labute approximate surface area is 83.9 Å². The van der Waals surface area contributed by atoms with Gasteiger partial charge in [-0.3, -0.25) is 4.84 Å². The second-order valence-corrected chi connectivity index (χ2v) is 3.70. The summed E-state index contributed by atoms with van der Waals surface area (Å²) in [5.41, 5.74) is 2.51. The van der Waals surface area contributed by atoms with E-state index in [0.29, 0.717) is 13.2 Å². The fourth-order valence-corrected chi connectivity index (χ4v) is 1.62. The van der Waals surface area contributed by atoms with E-state index in [1.807, 2.05) is 17.2 Å². The van der Waals surface area contributed by atoms with Crippen LogP contribution in [0.1, 0.15) is 11.1 Å². The van der Waals surface area contributed by atoms with Crippen LogP contribution in [0.2, 0.25) is 0 Å². The van der Waals surface area contributed by atoms with Crippen molar-refractivity contribution in [3.63, 3.8) is 0 Å². The Kier molecular flexibility index (Phi) is 2.82. The highest BCUT2D eigenvalue weighted by molar-refractivity contribution is 5.25. The normalized spacial score (nSPS) is 22.9. The quantitative estimate of drug-likeness (QED) is 0.763. The van der Waals surface area contributed by atoms with Gasteiger partial charge in [-0.05, 0) is 18.1 Å².